The zero-order valence-electron chi connectivity index (χ0n) is 15.7. The number of hydrogen-bond donors (Lipinski definition) is 2. The largest absolute Gasteiger partial charge is 0.355 e. The molecular formula is C20H28N4O2S. The van der Waals surface area contributed by atoms with E-state index in [0.29, 0.717) is 26.1 Å². The number of unbranched alkanes of at least 4 members (excludes halogenated alkanes) is 1. The summed E-state index contributed by atoms with van der Waals surface area (Å²) in [5.41, 5.74) is 6.49. The molecule has 27 heavy (non-hydrogen) atoms. The monoisotopic (exact) mass is 388 g/mol. The molecule has 1 aromatic heterocycles. The summed E-state index contributed by atoms with van der Waals surface area (Å²) < 4.78 is 1.22. The van der Waals surface area contributed by atoms with E-state index in [2.05, 4.69) is 16.4 Å². The Kier molecular flexibility index (Phi) is 7.18. The molecule has 0 spiro atoms. The van der Waals surface area contributed by atoms with E-state index >= 15 is 0 Å². The average molecular weight is 389 g/mol. The first kappa shape index (κ1) is 19.8. The van der Waals surface area contributed by atoms with Crippen LogP contribution in [0.25, 0.3) is 10.2 Å². The smallest absolute Gasteiger partial charge is 0.224 e. The van der Waals surface area contributed by atoms with Crippen LogP contribution in [-0.4, -0.2) is 47.9 Å². The van der Waals surface area contributed by atoms with Gasteiger partial charge in [0.05, 0.1) is 21.1 Å². The highest BCUT2D eigenvalue weighted by atomic mass is 32.1. The van der Waals surface area contributed by atoms with Crippen molar-refractivity contribution < 1.29 is 9.59 Å². The van der Waals surface area contributed by atoms with Crippen LogP contribution in [0.5, 0.6) is 0 Å². The number of para-hydroxylation sites is 1. The van der Waals surface area contributed by atoms with Crippen LogP contribution in [0.3, 0.4) is 0 Å². The molecule has 2 amide bonds. The topological polar surface area (TPSA) is 88.3 Å². The Balaban J connectivity index is 1.40. The van der Waals surface area contributed by atoms with Gasteiger partial charge >= 0.3 is 0 Å². The van der Waals surface area contributed by atoms with E-state index in [4.69, 9.17) is 5.73 Å². The molecule has 7 heteroatoms. The molecule has 1 aliphatic heterocycles. The molecule has 1 atom stereocenters. The maximum Gasteiger partial charge on any atom is 0.224 e. The minimum absolute atomic E-state index is 0.0220. The second-order valence-corrected chi connectivity index (χ2v) is 8.16. The molecule has 146 valence electrons. The lowest BCUT2D eigenvalue weighted by Gasteiger charge is -2.32. The van der Waals surface area contributed by atoms with Crippen LogP contribution in [0, 0.1) is 5.92 Å². The fraction of sp³-hybridized carbons (Fsp3) is 0.550. The van der Waals surface area contributed by atoms with Crippen LogP contribution in [0.1, 0.15) is 37.1 Å². The molecule has 2 aromatic rings. The lowest BCUT2D eigenvalue weighted by atomic mass is 9.96. The van der Waals surface area contributed by atoms with E-state index in [0.717, 1.165) is 49.2 Å². The van der Waals surface area contributed by atoms with E-state index in [1.807, 2.05) is 23.1 Å². The number of amides is 2. The lowest BCUT2D eigenvalue weighted by Crippen LogP contribution is -2.46. The SMILES string of the molecule is NCCNC(=O)C1CCCN(C(=O)CCCCc2nc3ccccc3s2)C1. The number of hydrogen-bond acceptors (Lipinski definition) is 5. The number of nitrogens with one attached hydrogen (secondary N) is 1. The zero-order chi connectivity index (χ0) is 19.1. The summed E-state index contributed by atoms with van der Waals surface area (Å²) in [6.07, 6.45) is 5.00. The van der Waals surface area contributed by atoms with E-state index in [1.165, 1.54) is 4.70 Å². The normalized spacial score (nSPS) is 17.2. The number of benzene rings is 1. The van der Waals surface area contributed by atoms with Crippen LogP contribution in [0.15, 0.2) is 24.3 Å². The zero-order valence-corrected chi connectivity index (χ0v) is 16.5. The number of carbonyl (C=O) groups is 2. The van der Waals surface area contributed by atoms with Crippen molar-refractivity contribution in [3.63, 3.8) is 0 Å². The molecule has 1 aliphatic rings. The first-order valence-electron chi connectivity index (χ1n) is 9.77. The first-order valence-corrected chi connectivity index (χ1v) is 10.6. The minimum Gasteiger partial charge on any atom is -0.355 e. The number of rotatable bonds is 8. The molecule has 1 saturated heterocycles. The molecular weight excluding hydrogens is 360 g/mol. The van der Waals surface area contributed by atoms with Crippen molar-refractivity contribution in [1.82, 2.24) is 15.2 Å². The van der Waals surface area contributed by atoms with Crippen molar-refractivity contribution in [2.24, 2.45) is 11.7 Å². The molecule has 0 saturated carbocycles. The fourth-order valence-corrected chi connectivity index (χ4v) is 4.50. The predicted molar refractivity (Wildman–Crippen MR) is 109 cm³/mol. The number of aryl methyl sites for hydroxylation is 1. The van der Waals surface area contributed by atoms with Gasteiger partial charge in [0.2, 0.25) is 11.8 Å². The number of aromatic nitrogens is 1. The quantitative estimate of drug-likeness (QED) is 0.679. The minimum atomic E-state index is -0.100. The van der Waals surface area contributed by atoms with Gasteiger partial charge in [0.1, 0.15) is 0 Å². The highest BCUT2D eigenvalue weighted by Crippen LogP contribution is 2.23. The average Bonchev–Trinajstić information content (AvgIpc) is 3.12. The number of likely N-dealkylation sites (tertiary alicyclic amines) is 1. The van der Waals surface area contributed by atoms with Crippen LogP contribution in [0.4, 0.5) is 0 Å². The summed E-state index contributed by atoms with van der Waals surface area (Å²) in [6, 6.07) is 8.17. The molecule has 1 unspecified atom stereocenters. The summed E-state index contributed by atoms with van der Waals surface area (Å²) in [4.78, 5) is 31.1. The Morgan fingerprint density at radius 3 is 2.96 bits per heavy atom. The molecule has 3 N–H and O–H groups in total. The number of piperidine rings is 1. The number of nitrogens with zero attached hydrogens (tertiary/aromatic N) is 2. The summed E-state index contributed by atoms with van der Waals surface area (Å²) in [6.45, 7) is 2.23. The molecule has 1 aromatic carbocycles. The van der Waals surface area contributed by atoms with Crippen molar-refractivity contribution in [2.45, 2.75) is 38.5 Å². The van der Waals surface area contributed by atoms with E-state index < -0.39 is 0 Å². The van der Waals surface area contributed by atoms with Gasteiger partial charge in [0.25, 0.3) is 0 Å². The van der Waals surface area contributed by atoms with Gasteiger partial charge in [-0.25, -0.2) is 4.98 Å². The summed E-state index contributed by atoms with van der Waals surface area (Å²) in [7, 11) is 0. The summed E-state index contributed by atoms with van der Waals surface area (Å²) in [5.74, 6) is 0.0846. The number of nitrogens with two attached hydrogens (primary N) is 1. The van der Waals surface area contributed by atoms with Crippen molar-refractivity contribution in [3.8, 4) is 0 Å². The Hall–Kier alpha value is -1.99. The van der Waals surface area contributed by atoms with Gasteiger partial charge in [-0.2, -0.15) is 0 Å². The maximum absolute atomic E-state index is 12.5. The Morgan fingerprint density at radius 1 is 1.30 bits per heavy atom. The predicted octanol–water partition coefficient (Wildman–Crippen LogP) is 2.32. The van der Waals surface area contributed by atoms with Crippen molar-refractivity contribution >= 4 is 33.4 Å². The standard InChI is InChI=1S/C20H28N4O2S/c21-11-12-22-20(26)15-6-5-13-24(14-15)19(25)10-4-3-9-18-23-16-7-1-2-8-17(16)27-18/h1-2,7-8,15H,3-6,9-14,21H2,(H,22,26). The number of fused-ring (bicyclic) bond motifs is 1. The Labute approximate surface area is 164 Å². The molecule has 6 nitrogen and oxygen atoms in total. The maximum atomic E-state index is 12.5. The van der Waals surface area contributed by atoms with Gasteiger partial charge in [-0.05, 0) is 44.2 Å². The fourth-order valence-electron chi connectivity index (χ4n) is 3.49. The van der Waals surface area contributed by atoms with Crippen LogP contribution < -0.4 is 11.1 Å². The highest BCUT2D eigenvalue weighted by Gasteiger charge is 2.27. The second-order valence-electron chi connectivity index (χ2n) is 7.04. The summed E-state index contributed by atoms with van der Waals surface area (Å²) in [5, 5.41) is 3.97. The molecule has 0 bridgehead atoms. The Morgan fingerprint density at radius 2 is 2.15 bits per heavy atom. The molecule has 2 heterocycles. The van der Waals surface area contributed by atoms with Gasteiger partial charge in [0.15, 0.2) is 0 Å². The van der Waals surface area contributed by atoms with Crippen LogP contribution in [-0.2, 0) is 16.0 Å². The van der Waals surface area contributed by atoms with Crippen molar-refractivity contribution in [1.29, 1.82) is 0 Å². The van der Waals surface area contributed by atoms with E-state index in [-0.39, 0.29) is 17.7 Å². The number of carbonyl (C=O) groups excluding carboxylic acids is 2. The van der Waals surface area contributed by atoms with Crippen LogP contribution >= 0.6 is 11.3 Å². The Bertz CT molecular complexity index is 743. The van der Waals surface area contributed by atoms with Crippen molar-refractivity contribution in [3.05, 3.63) is 29.3 Å². The summed E-state index contributed by atoms with van der Waals surface area (Å²) >= 11 is 1.73. The van der Waals surface area contributed by atoms with Gasteiger partial charge in [0, 0.05) is 32.6 Å². The molecule has 0 aliphatic carbocycles. The molecule has 1 fully saturated rings. The lowest BCUT2D eigenvalue weighted by molar-refractivity contribution is -0.135. The van der Waals surface area contributed by atoms with Gasteiger partial charge in [-0.1, -0.05) is 12.1 Å². The molecule has 3 rings (SSSR count). The van der Waals surface area contributed by atoms with E-state index in [1.54, 1.807) is 11.3 Å². The molecule has 0 radical (unpaired) electrons. The third-order valence-corrected chi connectivity index (χ3v) is 6.05. The van der Waals surface area contributed by atoms with E-state index in [9.17, 15) is 9.59 Å². The van der Waals surface area contributed by atoms with Crippen LogP contribution in [0.2, 0.25) is 0 Å². The van der Waals surface area contributed by atoms with Gasteiger partial charge in [-0.15, -0.1) is 11.3 Å². The number of thiazole rings is 1. The third kappa shape index (κ3) is 5.49. The van der Waals surface area contributed by atoms with Gasteiger partial charge in [-0.3, -0.25) is 9.59 Å². The van der Waals surface area contributed by atoms with Gasteiger partial charge < -0.3 is 16.0 Å². The third-order valence-electron chi connectivity index (χ3n) is 4.96. The first-order chi connectivity index (χ1) is 13.2. The van der Waals surface area contributed by atoms with Crippen molar-refractivity contribution in [2.75, 3.05) is 26.2 Å². The second kappa shape index (κ2) is 9.80. The highest BCUT2D eigenvalue weighted by molar-refractivity contribution is 7.18.